The summed E-state index contributed by atoms with van der Waals surface area (Å²) in [5.41, 5.74) is 1.50. The molecule has 0 aliphatic heterocycles. The summed E-state index contributed by atoms with van der Waals surface area (Å²) in [6, 6.07) is 8.00. The Morgan fingerprint density at radius 1 is 1.30 bits per heavy atom. The molecule has 27 heavy (non-hydrogen) atoms. The van der Waals surface area contributed by atoms with E-state index < -0.39 is 0 Å². The molecule has 0 aliphatic rings. The van der Waals surface area contributed by atoms with E-state index >= 15 is 0 Å². The van der Waals surface area contributed by atoms with Crippen molar-refractivity contribution in [3.8, 4) is 17.1 Å². The van der Waals surface area contributed by atoms with Crippen LogP contribution < -0.4 is 5.32 Å². The number of carbonyl (C=O) groups excluding carboxylic acids is 1. The molecular weight excluding hydrogens is 367 g/mol. The van der Waals surface area contributed by atoms with Gasteiger partial charge in [-0.15, -0.1) is 10.2 Å². The summed E-state index contributed by atoms with van der Waals surface area (Å²) in [4.78, 5) is 12.1. The maximum absolute atomic E-state index is 13.4. The molecule has 142 valence electrons. The smallest absolute Gasteiger partial charge is 0.230 e. The Morgan fingerprint density at radius 2 is 2.04 bits per heavy atom. The van der Waals surface area contributed by atoms with Crippen LogP contribution in [0.25, 0.3) is 17.1 Å². The molecule has 6 nitrogen and oxygen atoms in total. The van der Waals surface area contributed by atoms with Crippen molar-refractivity contribution < 1.29 is 13.6 Å². The Hall–Kier alpha value is -2.61. The Labute approximate surface area is 161 Å². The van der Waals surface area contributed by atoms with E-state index in [-0.39, 0.29) is 23.5 Å². The lowest BCUT2D eigenvalue weighted by atomic mass is 10.2. The number of furan rings is 1. The first-order valence-electron chi connectivity index (χ1n) is 8.67. The van der Waals surface area contributed by atoms with Gasteiger partial charge in [-0.25, -0.2) is 4.39 Å². The Morgan fingerprint density at radius 3 is 2.67 bits per heavy atom. The van der Waals surface area contributed by atoms with Gasteiger partial charge in [0.15, 0.2) is 11.0 Å². The second-order valence-corrected chi connectivity index (χ2v) is 7.12. The van der Waals surface area contributed by atoms with Crippen LogP contribution in [0.15, 0.2) is 46.2 Å². The van der Waals surface area contributed by atoms with Crippen LogP contribution in [0.2, 0.25) is 0 Å². The minimum atomic E-state index is -0.324. The number of rotatable bonds is 7. The predicted octanol–water partition coefficient (Wildman–Crippen LogP) is 3.98. The number of nitrogens with zero attached hydrogens (tertiary/aromatic N) is 3. The molecule has 1 atom stereocenters. The van der Waals surface area contributed by atoms with E-state index in [1.807, 2.05) is 26.8 Å². The van der Waals surface area contributed by atoms with E-state index in [1.54, 1.807) is 23.0 Å². The lowest BCUT2D eigenvalue weighted by Gasteiger charge is -2.12. The fraction of sp³-hybridized carbons (Fsp3) is 0.316. The molecule has 0 aliphatic carbocycles. The van der Waals surface area contributed by atoms with Crippen LogP contribution in [-0.4, -0.2) is 32.5 Å². The molecule has 0 spiro atoms. The van der Waals surface area contributed by atoms with Gasteiger partial charge >= 0.3 is 0 Å². The van der Waals surface area contributed by atoms with Crippen molar-refractivity contribution in [2.45, 2.75) is 38.4 Å². The van der Waals surface area contributed by atoms with Crippen LogP contribution in [0.3, 0.4) is 0 Å². The normalized spacial score (nSPS) is 12.1. The number of carbonyl (C=O) groups is 1. The average Bonchev–Trinajstić information content (AvgIpc) is 3.26. The number of aryl methyl sites for hydroxylation is 1. The number of amides is 1. The van der Waals surface area contributed by atoms with Gasteiger partial charge in [0.2, 0.25) is 5.91 Å². The third kappa shape index (κ3) is 4.39. The maximum atomic E-state index is 13.4. The Bertz CT molecular complexity index is 920. The number of benzene rings is 1. The van der Waals surface area contributed by atoms with Gasteiger partial charge in [0, 0.05) is 11.7 Å². The van der Waals surface area contributed by atoms with Crippen LogP contribution in [0.1, 0.15) is 26.0 Å². The number of halogens is 1. The summed E-state index contributed by atoms with van der Waals surface area (Å²) in [6.07, 6.45) is 2.45. The highest BCUT2D eigenvalue weighted by atomic mass is 32.2. The van der Waals surface area contributed by atoms with E-state index in [4.69, 9.17) is 4.42 Å². The van der Waals surface area contributed by atoms with Gasteiger partial charge in [0.25, 0.3) is 0 Å². The molecule has 2 heterocycles. The predicted molar refractivity (Wildman–Crippen MR) is 102 cm³/mol. The molecule has 0 radical (unpaired) electrons. The van der Waals surface area contributed by atoms with Crippen molar-refractivity contribution in [1.82, 2.24) is 20.1 Å². The Balaban J connectivity index is 1.92. The van der Waals surface area contributed by atoms with E-state index in [0.717, 1.165) is 12.0 Å². The van der Waals surface area contributed by atoms with Gasteiger partial charge < -0.3 is 9.73 Å². The van der Waals surface area contributed by atoms with Gasteiger partial charge in [0.05, 0.1) is 17.6 Å². The molecule has 0 bridgehead atoms. The minimum absolute atomic E-state index is 0.0657. The lowest BCUT2D eigenvalue weighted by Crippen LogP contribution is -2.33. The average molecular weight is 388 g/mol. The zero-order valence-corrected chi connectivity index (χ0v) is 16.2. The van der Waals surface area contributed by atoms with Gasteiger partial charge in [-0.2, -0.15) is 0 Å². The largest absolute Gasteiger partial charge is 0.469 e. The molecule has 3 aromatic rings. The van der Waals surface area contributed by atoms with E-state index in [2.05, 4.69) is 15.5 Å². The summed E-state index contributed by atoms with van der Waals surface area (Å²) in [6.45, 7) is 5.82. The quantitative estimate of drug-likeness (QED) is 0.620. The van der Waals surface area contributed by atoms with Crippen LogP contribution in [0, 0.1) is 12.7 Å². The maximum Gasteiger partial charge on any atom is 0.230 e. The molecule has 0 fully saturated rings. The molecule has 8 heteroatoms. The molecule has 3 rings (SSSR count). The highest BCUT2D eigenvalue weighted by molar-refractivity contribution is 7.99. The zero-order chi connectivity index (χ0) is 19.4. The molecule has 0 saturated heterocycles. The van der Waals surface area contributed by atoms with Gasteiger partial charge in [-0.3, -0.25) is 9.36 Å². The fourth-order valence-electron chi connectivity index (χ4n) is 2.53. The standard InChI is InChI=1S/C19H21FN4O2S/c1-4-12(2)21-17(25)11-27-19-23-22-18(16-9-10-26-13(16)3)24(19)15-7-5-14(20)6-8-15/h5-10,12H,4,11H2,1-3H3,(H,21,25)/t12-/m1/s1. The molecule has 0 unspecified atom stereocenters. The van der Waals surface area contributed by atoms with Gasteiger partial charge in [-0.1, -0.05) is 18.7 Å². The second kappa shape index (κ2) is 8.39. The first-order valence-corrected chi connectivity index (χ1v) is 9.66. The zero-order valence-electron chi connectivity index (χ0n) is 15.4. The third-order valence-corrected chi connectivity index (χ3v) is 5.10. The van der Waals surface area contributed by atoms with Gasteiger partial charge in [-0.05, 0) is 50.6 Å². The number of aromatic nitrogens is 3. The first kappa shape index (κ1) is 19.2. The topological polar surface area (TPSA) is 73.0 Å². The molecular formula is C19H21FN4O2S. The number of thioether (sulfide) groups is 1. The molecule has 2 aromatic heterocycles. The first-order chi connectivity index (χ1) is 13.0. The molecule has 1 amide bonds. The molecule has 0 saturated carbocycles. The van der Waals surface area contributed by atoms with E-state index in [1.165, 1.54) is 23.9 Å². The van der Waals surface area contributed by atoms with Crippen molar-refractivity contribution in [2.75, 3.05) is 5.75 Å². The summed E-state index contributed by atoms with van der Waals surface area (Å²) in [7, 11) is 0. The van der Waals surface area contributed by atoms with Gasteiger partial charge in [0.1, 0.15) is 11.6 Å². The van der Waals surface area contributed by atoms with Crippen LogP contribution in [-0.2, 0) is 4.79 Å². The number of hydrogen-bond acceptors (Lipinski definition) is 5. The molecule has 1 N–H and O–H groups in total. The van der Waals surface area contributed by atoms with Crippen LogP contribution in [0.5, 0.6) is 0 Å². The van der Waals surface area contributed by atoms with Crippen LogP contribution in [0.4, 0.5) is 4.39 Å². The van der Waals surface area contributed by atoms with Crippen molar-refractivity contribution in [3.05, 3.63) is 48.2 Å². The SMILES string of the molecule is CC[C@@H](C)NC(=O)CSc1nnc(-c2ccoc2C)n1-c1ccc(F)cc1. The van der Waals surface area contributed by atoms with E-state index in [0.29, 0.717) is 22.4 Å². The van der Waals surface area contributed by atoms with Crippen LogP contribution >= 0.6 is 11.8 Å². The highest BCUT2D eigenvalue weighted by Gasteiger charge is 2.20. The summed E-state index contributed by atoms with van der Waals surface area (Å²) in [5, 5.41) is 12.0. The third-order valence-electron chi connectivity index (χ3n) is 4.17. The minimum Gasteiger partial charge on any atom is -0.469 e. The summed E-state index contributed by atoms with van der Waals surface area (Å²) >= 11 is 1.28. The van der Waals surface area contributed by atoms with Crippen molar-refractivity contribution in [3.63, 3.8) is 0 Å². The number of hydrogen-bond donors (Lipinski definition) is 1. The lowest BCUT2D eigenvalue weighted by molar-refractivity contribution is -0.119. The van der Waals surface area contributed by atoms with Crippen molar-refractivity contribution >= 4 is 17.7 Å². The van der Waals surface area contributed by atoms with E-state index in [9.17, 15) is 9.18 Å². The number of nitrogens with one attached hydrogen (secondary N) is 1. The Kier molecular flexibility index (Phi) is 5.95. The summed E-state index contributed by atoms with van der Waals surface area (Å²) < 4.78 is 20.5. The van der Waals surface area contributed by atoms with Crippen molar-refractivity contribution in [1.29, 1.82) is 0 Å². The fourth-order valence-corrected chi connectivity index (χ4v) is 3.29. The monoisotopic (exact) mass is 388 g/mol. The summed E-state index contributed by atoms with van der Waals surface area (Å²) in [5.74, 6) is 1.11. The highest BCUT2D eigenvalue weighted by Crippen LogP contribution is 2.30. The second-order valence-electron chi connectivity index (χ2n) is 6.17. The van der Waals surface area contributed by atoms with Crippen molar-refractivity contribution in [2.24, 2.45) is 0 Å². The molecule has 1 aromatic carbocycles.